The number of nitrogens with one attached hydrogen (secondary N) is 1. The molecule has 0 unspecified atom stereocenters. The Morgan fingerprint density at radius 1 is 1.19 bits per heavy atom. The fraction of sp³-hybridized carbons (Fsp3) is 0.105. The number of rotatable bonds is 7. The van der Waals surface area contributed by atoms with Crippen molar-refractivity contribution < 1.29 is 14.3 Å². The Morgan fingerprint density at radius 3 is 2.70 bits per heavy atom. The molecule has 0 atom stereocenters. The second kappa shape index (κ2) is 8.67. The molecule has 2 aromatic carbocycles. The van der Waals surface area contributed by atoms with E-state index in [9.17, 15) is 9.59 Å². The number of para-hydroxylation sites is 2. The number of nitrogens with zero attached hydrogens (tertiary/aromatic N) is 2. The van der Waals surface area contributed by atoms with Crippen LogP contribution in [-0.2, 0) is 16.1 Å². The summed E-state index contributed by atoms with van der Waals surface area (Å²) in [4.78, 5) is 23.1. The van der Waals surface area contributed by atoms with Crippen molar-refractivity contribution >= 4 is 51.5 Å². The van der Waals surface area contributed by atoms with Gasteiger partial charge in [0.25, 0.3) is 5.91 Å². The molecule has 3 aromatic rings. The number of hydrazone groups is 1. The number of nitrogens with two attached hydrogens (primary N) is 1. The van der Waals surface area contributed by atoms with E-state index in [1.807, 2.05) is 42.5 Å². The van der Waals surface area contributed by atoms with Crippen molar-refractivity contribution in [3.8, 4) is 5.75 Å². The molecule has 1 aromatic heterocycles. The highest BCUT2D eigenvalue weighted by molar-refractivity contribution is 14.1. The van der Waals surface area contributed by atoms with E-state index in [1.165, 1.54) is 6.21 Å². The molecule has 0 aliphatic rings. The SMILES string of the molecule is NC(=O)Cn1cc(/C=N/NC(=O)COc2ccccc2I)c2ccccc21. The molecule has 27 heavy (non-hydrogen) atoms. The van der Waals surface area contributed by atoms with Crippen LogP contribution in [0.2, 0.25) is 0 Å². The first kappa shape index (κ1) is 18.9. The minimum atomic E-state index is -0.430. The number of fused-ring (bicyclic) bond motifs is 1. The Balaban J connectivity index is 1.65. The predicted octanol–water partition coefficient (Wildman–Crippen LogP) is 2.26. The van der Waals surface area contributed by atoms with Gasteiger partial charge >= 0.3 is 0 Å². The topological polar surface area (TPSA) is 98.7 Å². The van der Waals surface area contributed by atoms with Gasteiger partial charge in [0, 0.05) is 22.7 Å². The summed E-state index contributed by atoms with van der Waals surface area (Å²) in [7, 11) is 0. The number of carbonyl (C=O) groups is 2. The highest BCUT2D eigenvalue weighted by Crippen LogP contribution is 2.20. The van der Waals surface area contributed by atoms with Crippen molar-refractivity contribution in [1.29, 1.82) is 0 Å². The summed E-state index contributed by atoms with van der Waals surface area (Å²) in [5, 5.41) is 4.89. The lowest BCUT2D eigenvalue weighted by Gasteiger charge is -2.06. The highest BCUT2D eigenvalue weighted by atomic mass is 127. The van der Waals surface area contributed by atoms with Crippen LogP contribution in [0.25, 0.3) is 10.9 Å². The molecule has 8 heteroatoms. The van der Waals surface area contributed by atoms with Gasteiger partial charge in [0.1, 0.15) is 12.3 Å². The smallest absolute Gasteiger partial charge is 0.277 e. The molecule has 0 spiro atoms. The zero-order chi connectivity index (χ0) is 19.2. The average Bonchev–Trinajstić information content (AvgIpc) is 2.98. The van der Waals surface area contributed by atoms with Crippen LogP contribution in [0.15, 0.2) is 59.8 Å². The quantitative estimate of drug-likeness (QED) is 0.311. The van der Waals surface area contributed by atoms with E-state index in [-0.39, 0.29) is 19.1 Å². The van der Waals surface area contributed by atoms with Gasteiger partial charge in [0.05, 0.1) is 9.78 Å². The standard InChI is InChI=1S/C19H17IN4O3/c20-15-6-2-4-8-17(15)27-12-19(26)23-22-9-13-10-24(11-18(21)25)16-7-3-1-5-14(13)16/h1-10H,11-12H2,(H2,21,25)(H,23,26)/b22-9+. The third-order valence-electron chi connectivity index (χ3n) is 3.73. The Kier molecular flexibility index (Phi) is 6.07. The summed E-state index contributed by atoms with van der Waals surface area (Å²) in [6.45, 7) is -0.0644. The molecule has 0 radical (unpaired) electrons. The van der Waals surface area contributed by atoms with Gasteiger partial charge in [-0.25, -0.2) is 5.43 Å². The number of ether oxygens (including phenoxy) is 1. The van der Waals surface area contributed by atoms with Crippen LogP contribution < -0.4 is 15.9 Å². The van der Waals surface area contributed by atoms with E-state index in [4.69, 9.17) is 10.5 Å². The molecule has 0 bridgehead atoms. The number of hydrogen-bond acceptors (Lipinski definition) is 4. The molecule has 138 valence electrons. The lowest BCUT2D eigenvalue weighted by atomic mass is 10.2. The van der Waals surface area contributed by atoms with Crippen LogP contribution in [0.5, 0.6) is 5.75 Å². The van der Waals surface area contributed by atoms with Crippen LogP contribution in [0, 0.1) is 3.57 Å². The lowest BCUT2D eigenvalue weighted by molar-refractivity contribution is -0.123. The Labute approximate surface area is 169 Å². The molecule has 0 fully saturated rings. The van der Waals surface area contributed by atoms with E-state index in [1.54, 1.807) is 16.8 Å². The number of amides is 2. The first-order valence-electron chi connectivity index (χ1n) is 8.10. The van der Waals surface area contributed by atoms with Gasteiger partial charge in [-0.1, -0.05) is 30.3 Å². The van der Waals surface area contributed by atoms with Gasteiger partial charge in [0.15, 0.2) is 6.61 Å². The van der Waals surface area contributed by atoms with E-state index in [0.29, 0.717) is 5.75 Å². The molecule has 7 nitrogen and oxygen atoms in total. The second-order valence-electron chi connectivity index (χ2n) is 5.71. The number of benzene rings is 2. The summed E-state index contributed by atoms with van der Waals surface area (Å²) in [5.41, 5.74) is 9.37. The maximum atomic E-state index is 11.9. The molecule has 2 amide bonds. The first-order valence-corrected chi connectivity index (χ1v) is 9.18. The summed E-state index contributed by atoms with van der Waals surface area (Å²) < 4.78 is 8.15. The van der Waals surface area contributed by atoms with Gasteiger partial charge < -0.3 is 15.0 Å². The summed E-state index contributed by atoms with van der Waals surface area (Å²) >= 11 is 2.14. The van der Waals surface area contributed by atoms with Crippen molar-refractivity contribution in [2.75, 3.05) is 6.61 Å². The summed E-state index contributed by atoms with van der Waals surface area (Å²) in [6.07, 6.45) is 3.30. The molecule has 3 N–H and O–H groups in total. The Hall–Kier alpha value is -2.88. The molecule has 0 saturated carbocycles. The Morgan fingerprint density at radius 2 is 1.93 bits per heavy atom. The van der Waals surface area contributed by atoms with Crippen molar-refractivity contribution in [3.63, 3.8) is 0 Å². The molecular weight excluding hydrogens is 459 g/mol. The average molecular weight is 476 g/mol. The second-order valence-corrected chi connectivity index (χ2v) is 6.87. The fourth-order valence-corrected chi connectivity index (χ4v) is 3.13. The van der Waals surface area contributed by atoms with Gasteiger partial charge in [-0.05, 0) is 40.8 Å². The molecule has 3 rings (SSSR count). The largest absolute Gasteiger partial charge is 0.483 e. The van der Waals surface area contributed by atoms with Gasteiger partial charge in [-0.15, -0.1) is 0 Å². The highest BCUT2D eigenvalue weighted by Gasteiger charge is 2.08. The van der Waals surface area contributed by atoms with Gasteiger partial charge in [-0.2, -0.15) is 5.10 Å². The van der Waals surface area contributed by atoms with Crippen LogP contribution in [0.4, 0.5) is 0 Å². The van der Waals surface area contributed by atoms with E-state index in [2.05, 4.69) is 33.1 Å². The fourth-order valence-electron chi connectivity index (χ4n) is 2.59. The molecule has 0 aliphatic heterocycles. The zero-order valence-electron chi connectivity index (χ0n) is 14.3. The zero-order valence-corrected chi connectivity index (χ0v) is 16.4. The van der Waals surface area contributed by atoms with Crippen molar-refractivity contribution in [1.82, 2.24) is 9.99 Å². The van der Waals surface area contributed by atoms with E-state index >= 15 is 0 Å². The maximum absolute atomic E-state index is 11.9. The first-order chi connectivity index (χ1) is 13.0. The van der Waals surface area contributed by atoms with Crippen molar-refractivity contribution in [2.45, 2.75) is 6.54 Å². The number of halogens is 1. The number of carbonyl (C=O) groups excluding carboxylic acids is 2. The van der Waals surface area contributed by atoms with E-state index in [0.717, 1.165) is 20.0 Å². The summed E-state index contributed by atoms with van der Waals surface area (Å²) in [6, 6.07) is 15.0. The summed E-state index contributed by atoms with van der Waals surface area (Å²) in [5.74, 6) is -0.154. The minimum Gasteiger partial charge on any atom is -0.483 e. The van der Waals surface area contributed by atoms with Crippen LogP contribution in [0.1, 0.15) is 5.56 Å². The maximum Gasteiger partial charge on any atom is 0.277 e. The lowest BCUT2D eigenvalue weighted by Crippen LogP contribution is -2.24. The van der Waals surface area contributed by atoms with Crippen molar-refractivity contribution in [2.24, 2.45) is 10.8 Å². The van der Waals surface area contributed by atoms with Gasteiger partial charge in [-0.3, -0.25) is 9.59 Å². The third-order valence-corrected chi connectivity index (χ3v) is 4.63. The minimum absolute atomic E-state index is 0.0737. The number of aromatic nitrogens is 1. The molecule has 0 aliphatic carbocycles. The molecule has 1 heterocycles. The van der Waals surface area contributed by atoms with Crippen molar-refractivity contribution in [3.05, 3.63) is 63.9 Å². The van der Waals surface area contributed by atoms with Crippen LogP contribution in [-0.4, -0.2) is 29.2 Å². The van der Waals surface area contributed by atoms with E-state index < -0.39 is 5.91 Å². The monoisotopic (exact) mass is 476 g/mol. The number of hydrogen-bond donors (Lipinski definition) is 2. The van der Waals surface area contributed by atoms with Crippen LogP contribution in [0.3, 0.4) is 0 Å². The number of primary amides is 1. The normalized spacial score (nSPS) is 11.0. The predicted molar refractivity (Wildman–Crippen MR) is 112 cm³/mol. The van der Waals surface area contributed by atoms with Crippen LogP contribution >= 0.6 is 22.6 Å². The van der Waals surface area contributed by atoms with Gasteiger partial charge in [0.2, 0.25) is 5.91 Å². The molecular formula is C19H17IN4O3. The third kappa shape index (κ3) is 4.85. The Bertz CT molecular complexity index is 1010. The molecule has 0 saturated heterocycles.